The molecule has 1 aromatic carbocycles. The fourth-order valence-electron chi connectivity index (χ4n) is 1.64. The Morgan fingerprint density at radius 2 is 1.95 bits per heavy atom. The summed E-state index contributed by atoms with van der Waals surface area (Å²) in [6.07, 6.45) is 2.12. The van der Waals surface area contributed by atoms with Crippen molar-refractivity contribution in [2.45, 2.75) is 25.5 Å². The first kappa shape index (κ1) is 21.4. The van der Waals surface area contributed by atoms with E-state index in [2.05, 4.69) is 35.7 Å². The third kappa shape index (κ3) is 8.12. The predicted octanol–water partition coefficient (Wildman–Crippen LogP) is 3.30. The van der Waals surface area contributed by atoms with E-state index >= 15 is 0 Å². The number of guanidine groups is 1. The molecule has 0 saturated heterocycles. The number of rotatable bonds is 7. The molecule has 4 nitrogen and oxygen atoms in total. The monoisotopic (exact) mass is 437 g/mol. The van der Waals surface area contributed by atoms with Gasteiger partial charge in [-0.3, -0.25) is 4.99 Å². The molecule has 0 fully saturated rings. The van der Waals surface area contributed by atoms with Crippen LogP contribution >= 0.6 is 35.7 Å². The first-order valence-electron chi connectivity index (χ1n) is 7.16. The van der Waals surface area contributed by atoms with E-state index in [9.17, 15) is 0 Å². The summed E-state index contributed by atoms with van der Waals surface area (Å²) in [4.78, 5) is 4.22. The standard InChI is InChI=1S/C16H27N3OS.HI/c1-13-8-6-7-9-14(13)20-11-10-18-15(17-4)19-12-16(2,3)21-5;/h6-9H,10-12H2,1-5H3,(H2,17,18,19);1H. The lowest BCUT2D eigenvalue weighted by Gasteiger charge is -2.23. The first-order chi connectivity index (χ1) is 9.98. The van der Waals surface area contributed by atoms with E-state index in [0.29, 0.717) is 13.2 Å². The van der Waals surface area contributed by atoms with E-state index in [4.69, 9.17) is 4.74 Å². The van der Waals surface area contributed by atoms with Crippen LogP contribution in [0.15, 0.2) is 29.3 Å². The van der Waals surface area contributed by atoms with Gasteiger partial charge in [0.25, 0.3) is 0 Å². The zero-order valence-corrected chi connectivity index (χ0v) is 17.2. The van der Waals surface area contributed by atoms with Crippen molar-refractivity contribution in [3.8, 4) is 5.75 Å². The number of nitrogens with zero attached hydrogens (tertiary/aromatic N) is 1. The molecule has 1 aromatic rings. The molecule has 126 valence electrons. The molecule has 0 radical (unpaired) electrons. The molecule has 2 N–H and O–H groups in total. The lowest BCUT2D eigenvalue weighted by atomic mass is 10.2. The number of halogens is 1. The van der Waals surface area contributed by atoms with E-state index in [1.807, 2.05) is 43.0 Å². The summed E-state index contributed by atoms with van der Waals surface area (Å²) in [6, 6.07) is 8.04. The van der Waals surface area contributed by atoms with Gasteiger partial charge in [-0.2, -0.15) is 11.8 Å². The summed E-state index contributed by atoms with van der Waals surface area (Å²) in [5.74, 6) is 1.75. The van der Waals surface area contributed by atoms with Gasteiger partial charge in [-0.1, -0.05) is 18.2 Å². The molecule has 0 amide bonds. The van der Waals surface area contributed by atoms with E-state index in [0.717, 1.165) is 23.8 Å². The SMILES string of the molecule is CN=C(NCCOc1ccccc1C)NCC(C)(C)SC.I. The quantitative estimate of drug-likeness (QED) is 0.298. The summed E-state index contributed by atoms with van der Waals surface area (Å²) in [5, 5.41) is 6.59. The van der Waals surface area contributed by atoms with Gasteiger partial charge in [-0.25, -0.2) is 0 Å². The molecule has 22 heavy (non-hydrogen) atoms. The van der Waals surface area contributed by atoms with Crippen molar-refractivity contribution >= 4 is 41.7 Å². The number of thioether (sulfide) groups is 1. The maximum absolute atomic E-state index is 5.75. The highest BCUT2D eigenvalue weighted by Crippen LogP contribution is 2.19. The molecular formula is C16H28IN3OS. The summed E-state index contributed by atoms with van der Waals surface area (Å²) in [7, 11) is 1.78. The van der Waals surface area contributed by atoms with Crippen molar-refractivity contribution in [1.82, 2.24) is 10.6 Å². The Morgan fingerprint density at radius 3 is 2.55 bits per heavy atom. The van der Waals surface area contributed by atoms with Crippen LogP contribution in [-0.4, -0.2) is 43.7 Å². The Morgan fingerprint density at radius 1 is 1.27 bits per heavy atom. The number of nitrogens with one attached hydrogen (secondary N) is 2. The zero-order chi connectivity index (χ0) is 15.7. The summed E-state index contributed by atoms with van der Waals surface area (Å²) in [6.45, 7) is 8.66. The van der Waals surface area contributed by atoms with Gasteiger partial charge in [-0.05, 0) is 38.7 Å². The van der Waals surface area contributed by atoms with Gasteiger partial charge in [0.1, 0.15) is 12.4 Å². The number of para-hydroxylation sites is 1. The number of aryl methyl sites for hydroxylation is 1. The Kier molecular flexibility index (Phi) is 10.7. The first-order valence-corrected chi connectivity index (χ1v) is 8.39. The fourth-order valence-corrected chi connectivity index (χ4v) is 1.85. The molecule has 0 spiro atoms. The van der Waals surface area contributed by atoms with Gasteiger partial charge in [0.05, 0.1) is 6.54 Å². The predicted molar refractivity (Wildman–Crippen MR) is 109 cm³/mol. The third-order valence-electron chi connectivity index (χ3n) is 3.20. The van der Waals surface area contributed by atoms with Gasteiger partial charge in [0, 0.05) is 18.3 Å². The number of ether oxygens (including phenoxy) is 1. The Bertz CT molecular complexity index is 466. The van der Waals surface area contributed by atoms with Crippen LogP contribution in [0.5, 0.6) is 5.75 Å². The van der Waals surface area contributed by atoms with Crippen LogP contribution in [0, 0.1) is 6.92 Å². The van der Waals surface area contributed by atoms with Crippen LogP contribution in [0.3, 0.4) is 0 Å². The van der Waals surface area contributed by atoms with Crippen molar-refractivity contribution in [2.75, 3.05) is 33.0 Å². The van der Waals surface area contributed by atoms with Gasteiger partial charge in [-0.15, -0.1) is 24.0 Å². The topological polar surface area (TPSA) is 45.7 Å². The van der Waals surface area contributed by atoms with Crippen LogP contribution in [0.25, 0.3) is 0 Å². The summed E-state index contributed by atoms with van der Waals surface area (Å²) < 4.78 is 5.94. The maximum atomic E-state index is 5.75. The lowest BCUT2D eigenvalue weighted by Crippen LogP contribution is -2.44. The van der Waals surface area contributed by atoms with Crippen LogP contribution in [0.4, 0.5) is 0 Å². The van der Waals surface area contributed by atoms with Crippen molar-refractivity contribution in [3.05, 3.63) is 29.8 Å². The molecule has 1 rings (SSSR count). The summed E-state index contributed by atoms with van der Waals surface area (Å²) >= 11 is 1.84. The van der Waals surface area contributed by atoms with E-state index in [1.54, 1.807) is 7.05 Å². The van der Waals surface area contributed by atoms with Crippen molar-refractivity contribution in [2.24, 2.45) is 4.99 Å². The molecular weight excluding hydrogens is 409 g/mol. The minimum atomic E-state index is 0. The molecule has 0 atom stereocenters. The van der Waals surface area contributed by atoms with Crippen molar-refractivity contribution in [1.29, 1.82) is 0 Å². The number of aliphatic imine (C=N–C) groups is 1. The number of hydrogen-bond acceptors (Lipinski definition) is 3. The van der Waals surface area contributed by atoms with Gasteiger partial charge in [0.15, 0.2) is 5.96 Å². The van der Waals surface area contributed by atoms with Crippen LogP contribution in [0.2, 0.25) is 0 Å². The zero-order valence-electron chi connectivity index (χ0n) is 14.1. The molecule has 6 heteroatoms. The second-order valence-electron chi connectivity index (χ2n) is 5.43. The largest absolute Gasteiger partial charge is 0.491 e. The molecule has 0 bridgehead atoms. The molecule has 0 heterocycles. The third-order valence-corrected chi connectivity index (χ3v) is 4.45. The second kappa shape index (κ2) is 11.0. The number of hydrogen-bond donors (Lipinski definition) is 2. The molecule has 0 aliphatic carbocycles. The molecule has 0 unspecified atom stereocenters. The van der Waals surface area contributed by atoms with Gasteiger partial charge in [0.2, 0.25) is 0 Å². The van der Waals surface area contributed by atoms with Crippen LogP contribution < -0.4 is 15.4 Å². The smallest absolute Gasteiger partial charge is 0.191 e. The lowest BCUT2D eigenvalue weighted by molar-refractivity contribution is 0.320. The highest BCUT2D eigenvalue weighted by molar-refractivity contribution is 14.0. The minimum Gasteiger partial charge on any atom is -0.491 e. The number of benzene rings is 1. The van der Waals surface area contributed by atoms with Crippen LogP contribution in [-0.2, 0) is 0 Å². The fraction of sp³-hybridized carbons (Fsp3) is 0.562. The molecule has 0 aromatic heterocycles. The Labute approximate surface area is 155 Å². The van der Waals surface area contributed by atoms with E-state index < -0.39 is 0 Å². The van der Waals surface area contributed by atoms with E-state index in [-0.39, 0.29) is 28.7 Å². The minimum absolute atomic E-state index is 0. The van der Waals surface area contributed by atoms with E-state index in [1.165, 1.54) is 0 Å². The van der Waals surface area contributed by atoms with Crippen molar-refractivity contribution < 1.29 is 4.74 Å². The average Bonchev–Trinajstić information content (AvgIpc) is 2.48. The highest BCUT2D eigenvalue weighted by atomic mass is 127. The Balaban J connectivity index is 0.00000441. The normalized spacial score (nSPS) is 11.6. The summed E-state index contributed by atoms with van der Waals surface area (Å²) in [5.41, 5.74) is 1.15. The van der Waals surface area contributed by atoms with Gasteiger partial charge < -0.3 is 15.4 Å². The maximum Gasteiger partial charge on any atom is 0.191 e. The molecule has 0 saturated carbocycles. The molecule has 0 aliphatic heterocycles. The second-order valence-corrected chi connectivity index (χ2v) is 6.94. The average molecular weight is 437 g/mol. The van der Waals surface area contributed by atoms with Crippen LogP contribution in [0.1, 0.15) is 19.4 Å². The molecule has 0 aliphatic rings. The Hall–Kier alpha value is -0.630. The van der Waals surface area contributed by atoms with Gasteiger partial charge >= 0.3 is 0 Å². The highest BCUT2D eigenvalue weighted by Gasteiger charge is 2.15. The van der Waals surface area contributed by atoms with Crippen molar-refractivity contribution in [3.63, 3.8) is 0 Å².